The molecule has 0 aliphatic carbocycles. The minimum Gasteiger partial charge on any atom is -0.461 e. The van der Waals surface area contributed by atoms with Crippen molar-refractivity contribution in [1.82, 2.24) is 19.7 Å². The summed E-state index contributed by atoms with van der Waals surface area (Å²) in [6.45, 7) is 0. The predicted molar refractivity (Wildman–Crippen MR) is 97.9 cm³/mol. The van der Waals surface area contributed by atoms with Gasteiger partial charge in [-0.25, -0.2) is 0 Å². The van der Waals surface area contributed by atoms with Crippen molar-refractivity contribution < 1.29 is 17.6 Å². The van der Waals surface area contributed by atoms with Crippen LogP contribution in [0.25, 0.3) is 17.3 Å². The van der Waals surface area contributed by atoms with E-state index >= 15 is 0 Å². The van der Waals surface area contributed by atoms with Gasteiger partial charge in [0.05, 0.1) is 23.2 Å². The maximum atomic E-state index is 13.2. The van der Waals surface area contributed by atoms with E-state index in [1.165, 1.54) is 24.1 Å². The van der Waals surface area contributed by atoms with E-state index in [9.17, 15) is 13.2 Å². The zero-order valence-corrected chi connectivity index (χ0v) is 15.1. The second kappa shape index (κ2) is 7.51. The molecular formula is C19H13F3N4OS. The molecule has 0 saturated carbocycles. The Bertz CT molecular complexity index is 1060. The molecule has 3 aromatic heterocycles. The van der Waals surface area contributed by atoms with Crippen molar-refractivity contribution in [3.63, 3.8) is 0 Å². The highest BCUT2D eigenvalue weighted by molar-refractivity contribution is 7.98. The SMILES string of the molecule is FC(F)(F)c1cccc(-n2c(SCc3ccccn3)nnc2-c2ccco2)c1. The molecule has 0 N–H and O–H groups in total. The number of furan rings is 1. The quantitative estimate of drug-likeness (QED) is 0.428. The number of hydrogen-bond acceptors (Lipinski definition) is 5. The van der Waals surface area contributed by atoms with E-state index in [0.29, 0.717) is 28.2 Å². The second-order valence-electron chi connectivity index (χ2n) is 5.78. The van der Waals surface area contributed by atoms with E-state index in [1.54, 1.807) is 29.0 Å². The largest absolute Gasteiger partial charge is 0.461 e. The Hall–Kier alpha value is -3.07. The van der Waals surface area contributed by atoms with Gasteiger partial charge in [-0.2, -0.15) is 13.2 Å². The molecule has 142 valence electrons. The third-order valence-corrected chi connectivity index (χ3v) is 4.84. The predicted octanol–water partition coefficient (Wildman–Crippen LogP) is 5.23. The van der Waals surface area contributed by atoms with Gasteiger partial charge in [0.1, 0.15) is 0 Å². The van der Waals surface area contributed by atoms with Crippen LogP contribution in [0, 0.1) is 0 Å². The van der Waals surface area contributed by atoms with E-state index in [-0.39, 0.29) is 0 Å². The molecule has 0 atom stereocenters. The smallest absolute Gasteiger partial charge is 0.416 e. The van der Waals surface area contributed by atoms with Gasteiger partial charge in [0.2, 0.25) is 5.82 Å². The fourth-order valence-electron chi connectivity index (χ4n) is 2.60. The minimum absolute atomic E-state index is 0.301. The molecule has 0 aliphatic rings. The van der Waals surface area contributed by atoms with Crippen molar-refractivity contribution in [2.45, 2.75) is 17.1 Å². The van der Waals surface area contributed by atoms with Gasteiger partial charge in [0.15, 0.2) is 10.9 Å². The number of pyridine rings is 1. The molecule has 0 aliphatic heterocycles. The summed E-state index contributed by atoms with van der Waals surface area (Å²) >= 11 is 1.33. The van der Waals surface area contributed by atoms with Crippen LogP contribution in [0.2, 0.25) is 0 Å². The monoisotopic (exact) mass is 402 g/mol. The van der Waals surface area contributed by atoms with Crippen molar-refractivity contribution in [3.8, 4) is 17.3 Å². The molecule has 0 amide bonds. The number of halogens is 3. The average Bonchev–Trinajstić information content (AvgIpc) is 3.36. The molecule has 4 aromatic rings. The van der Waals surface area contributed by atoms with E-state index in [1.807, 2.05) is 18.2 Å². The number of hydrogen-bond donors (Lipinski definition) is 0. The van der Waals surface area contributed by atoms with Crippen LogP contribution in [0.5, 0.6) is 0 Å². The maximum absolute atomic E-state index is 13.2. The van der Waals surface area contributed by atoms with Crippen molar-refractivity contribution in [2.24, 2.45) is 0 Å². The van der Waals surface area contributed by atoms with Crippen LogP contribution in [0.15, 0.2) is 76.6 Å². The van der Waals surface area contributed by atoms with Crippen LogP contribution in [-0.4, -0.2) is 19.7 Å². The molecular weight excluding hydrogens is 389 g/mol. The zero-order valence-electron chi connectivity index (χ0n) is 14.3. The van der Waals surface area contributed by atoms with Crippen LogP contribution < -0.4 is 0 Å². The summed E-state index contributed by atoms with van der Waals surface area (Å²) in [5.74, 6) is 1.23. The number of thioether (sulfide) groups is 1. The molecule has 9 heteroatoms. The molecule has 0 spiro atoms. The molecule has 28 heavy (non-hydrogen) atoms. The van der Waals surface area contributed by atoms with Crippen LogP contribution in [0.1, 0.15) is 11.3 Å². The van der Waals surface area contributed by atoms with Crippen LogP contribution in [-0.2, 0) is 11.9 Å². The maximum Gasteiger partial charge on any atom is 0.416 e. The van der Waals surface area contributed by atoms with Gasteiger partial charge >= 0.3 is 6.18 Å². The molecule has 0 saturated heterocycles. The van der Waals surface area contributed by atoms with E-state index in [2.05, 4.69) is 15.2 Å². The van der Waals surface area contributed by atoms with Gasteiger partial charge in [-0.15, -0.1) is 10.2 Å². The van der Waals surface area contributed by atoms with Crippen LogP contribution >= 0.6 is 11.8 Å². The standard InChI is InChI=1S/C19H13F3N4OS/c20-19(21,22)13-5-3-7-15(11-13)26-17(16-8-4-10-27-16)24-25-18(26)28-12-14-6-1-2-9-23-14/h1-11H,12H2. The number of aromatic nitrogens is 4. The third-order valence-electron chi connectivity index (χ3n) is 3.88. The number of benzene rings is 1. The Labute approximate surface area is 162 Å². The summed E-state index contributed by atoms with van der Waals surface area (Å²) in [6, 6.07) is 14.0. The Balaban J connectivity index is 1.76. The normalized spacial score (nSPS) is 11.7. The summed E-state index contributed by atoms with van der Waals surface area (Å²) < 4.78 is 46.5. The van der Waals surface area contributed by atoms with Gasteiger partial charge in [-0.3, -0.25) is 9.55 Å². The fraction of sp³-hybridized carbons (Fsp3) is 0.105. The third kappa shape index (κ3) is 3.79. The lowest BCUT2D eigenvalue weighted by Gasteiger charge is -2.12. The molecule has 0 radical (unpaired) electrons. The first-order chi connectivity index (χ1) is 13.5. The van der Waals surface area contributed by atoms with Gasteiger partial charge in [-0.1, -0.05) is 23.9 Å². The average molecular weight is 402 g/mol. The Kier molecular flexibility index (Phi) is 4.91. The summed E-state index contributed by atoms with van der Waals surface area (Å²) in [5, 5.41) is 8.74. The van der Waals surface area contributed by atoms with Gasteiger partial charge in [-0.05, 0) is 42.5 Å². The van der Waals surface area contributed by atoms with Crippen LogP contribution in [0.4, 0.5) is 13.2 Å². The summed E-state index contributed by atoms with van der Waals surface area (Å²) in [4.78, 5) is 4.25. The topological polar surface area (TPSA) is 56.7 Å². The first-order valence-electron chi connectivity index (χ1n) is 8.22. The molecule has 3 heterocycles. The number of rotatable bonds is 5. The molecule has 1 aromatic carbocycles. The Morgan fingerprint density at radius 1 is 1.00 bits per heavy atom. The highest BCUT2D eigenvalue weighted by atomic mass is 32.2. The highest BCUT2D eigenvalue weighted by Gasteiger charge is 2.31. The molecule has 4 rings (SSSR count). The summed E-state index contributed by atoms with van der Waals surface area (Å²) in [7, 11) is 0. The fourth-order valence-corrected chi connectivity index (χ4v) is 3.47. The summed E-state index contributed by atoms with van der Waals surface area (Å²) in [6.07, 6.45) is -1.29. The lowest BCUT2D eigenvalue weighted by molar-refractivity contribution is -0.137. The second-order valence-corrected chi connectivity index (χ2v) is 6.72. The van der Waals surface area contributed by atoms with Gasteiger partial charge in [0.25, 0.3) is 0 Å². The molecule has 5 nitrogen and oxygen atoms in total. The highest BCUT2D eigenvalue weighted by Crippen LogP contribution is 2.34. The Morgan fingerprint density at radius 2 is 1.89 bits per heavy atom. The van der Waals surface area contributed by atoms with E-state index < -0.39 is 11.7 Å². The first kappa shape index (κ1) is 18.3. The van der Waals surface area contributed by atoms with Gasteiger partial charge in [0, 0.05) is 11.9 Å². The number of nitrogens with zero attached hydrogens (tertiary/aromatic N) is 4. The van der Waals surface area contributed by atoms with Crippen molar-refractivity contribution in [1.29, 1.82) is 0 Å². The molecule has 0 bridgehead atoms. The first-order valence-corrected chi connectivity index (χ1v) is 9.20. The van der Waals surface area contributed by atoms with E-state index in [0.717, 1.165) is 17.8 Å². The molecule has 0 fully saturated rings. The Morgan fingerprint density at radius 3 is 2.61 bits per heavy atom. The van der Waals surface area contributed by atoms with Gasteiger partial charge < -0.3 is 4.42 Å². The number of alkyl halides is 3. The van der Waals surface area contributed by atoms with Crippen molar-refractivity contribution in [2.75, 3.05) is 0 Å². The zero-order chi connectivity index (χ0) is 19.6. The lowest BCUT2D eigenvalue weighted by Crippen LogP contribution is -2.07. The van der Waals surface area contributed by atoms with Crippen LogP contribution in [0.3, 0.4) is 0 Å². The minimum atomic E-state index is -4.45. The molecule has 0 unspecified atom stereocenters. The van der Waals surface area contributed by atoms with Crippen molar-refractivity contribution >= 4 is 11.8 Å². The van der Waals surface area contributed by atoms with Crippen molar-refractivity contribution in [3.05, 3.63) is 78.3 Å². The summed E-state index contributed by atoms with van der Waals surface area (Å²) in [5.41, 5.74) is 0.380. The van der Waals surface area contributed by atoms with E-state index in [4.69, 9.17) is 4.42 Å². The lowest BCUT2D eigenvalue weighted by atomic mass is 10.2.